The predicted octanol–water partition coefficient (Wildman–Crippen LogP) is 3.85. The molecule has 0 unspecified atom stereocenters. The molecule has 88 valence electrons. The van der Waals surface area contributed by atoms with Gasteiger partial charge in [0.1, 0.15) is 17.2 Å². The Labute approximate surface area is 109 Å². The van der Waals surface area contributed by atoms with E-state index < -0.39 is 0 Å². The van der Waals surface area contributed by atoms with Crippen molar-refractivity contribution in [1.29, 1.82) is 0 Å². The second-order valence-electron chi connectivity index (χ2n) is 3.30. The number of aromatic nitrogens is 2. The second-order valence-corrected chi connectivity index (χ2v) is 4.12. The van der Waals surface area contributed by atoms with Crippen molar-refractivity contribution in [1.82, 2.24) is 9.97 Å². The molecule has 1 heterocycles. The van der Waals surface area contributed by atoms with E-state index in [2.05, 4.69) is 9.97 Å². The lowest BCUT2D eigenvalue weighted by molar-refractivity contribution is 0.341. The number of hydrogen-bond donors (Lipinski definition) is 0. The standard InChI is InChI=1S/C12H10Cl2N2O/c1-2-17-11-4-3-8(13)5-9(11)10-6-12(14)16-7-15-10/h3-7H,2H2,1H3. The fraction of sp³-hybridized carbons (Fsp3) is 0.167. The number of halogens is 2. The van der Waals surface area contributed by atoms with E-state index in [-0.39, 0.29) is 0 Å². The molecule has 17 heavy (non-hydrogen) atoms. The lowest BCUT2D eigenvalue weighted by Gasteiger charge is -2.10. The largest absolute Gasteiger partial charge is 0.493 e. The summed E-state index contributed by atoms with van der Waals surface area (Å²) in [5.74, 6) is 0.728. The molecule has 0 bridgehead atoms. The van der Waals surface area contributed by atoms with Crippen LogP contribution in [0.3, 0.4) is 0 Å². The first kappa shape index (κ1) is 12.1. The van der Waals surface area contributed by atoms with Crippen LogP contribution in [0, 0.1) is 0 Å². The van der Waals surface area contributed by atoms with Crippen LogP contribution in [0.1, 0.15) is 6.92 Å². The summed E-state index contributed by atoms with van der Waals surface area (Å²) in [6, 6.07) is 7.07. The maximum Gasteiger partial charge on any atom is 0.133 e. The molecule has 0 saturated heterocycles. The van der Waals surface area contributed by atoms with Gasteiger partial charge in [0, 0.05) is 16.7 Å². The molecule has 0 spiro atoms. The highest BCUT2D eigenvalue weighted by atomic mass is 35.5. The van der Waals surface area contributed by atoms with Gasteiger partial charge in [0.2, 0.25) is 0 Å². The number of hydrogen-bond acceptors (Lipinski definition) is 3. The van der Waals surface area contributed by atoms with E-state index in [1.165, 1.54) is 6.33 Å². The molecular weight excluding hydrogens is 259 g/mol. The van der Waals surface area contributed by atoms with Crippen LogP contribution in [0.2, 0.25) is 10.2 Å². The molecule has 0 saturated carbocycles. The summed E-state index contributed by atoms with van der Waals surface area (Å²) in [6.07, 6.45) is 1.41. The van der Waals surface area contributed by atoms with Crippen LogP contribution in [0.15, 0.2) is 30.6 Å². The number of nitrogens with zero attached hydrogens (tertiary/aromatic N) is 2. The van der Waals surface area contributed by atoms with Gasteiger partial charge in [0.05, 0.1) is 12.3 Å². The molecule has 5 heteroatoms. The zero-order valence-electron chi connectivity index (χ0n) is 9.15. The van der Waals surface area contributed by atoms with E-state index in [0.717, 1.165) is 11.3 Å². The minimum Gasteiger partial charge on any atom is -0.493 e. The smallest absolute Gasteiger partial charge is 0.133 e. The highest BCUT2D eigenvalue weighted by Crippen LogP contribution is 2.31. The third kappa shape index (κ3) is 2.87. The van der Waals surface area contributed by atoms with E-state index in [1.807, 2.05) is 13.0 Å². The summed E-state index contributed by atoms with van der Waals surface area (Å²) in [7, 11) is 0. The van der Waals surface area contributed by atoms with Crippen LogP contribution in [-0.2, 0) is 0 Å². The van der Waals surface area contributed by atoms with Crippen molar-refractivity contribution >= 4 is 23.2 Å². The normalized spacial score (nSPS) is 10.3. The van der Waals surface area contributed by atoms with Gasteiger partial charge in [0.15, 0.2) is 0 Å². The topological polar surface area (TPSA) is 35.0 Å². The molecule has 0 amide bonds. The second kappa shape index (κ2) is 5.34. The lowest BCUT2D eigenvalue weighted by atomic mass is 10.1. The summed E-state index contributed by atoms with van der Waals surface area (Å²) in [6.45, 7) is 2.50. The number of rotatable bonds is 3. The van der Waals surface area contributed by atoms with Crippen molar-refractivity contribution in [3.8, 4) is 17.0 Å². The van der Waals surface area contributed by atoms with Crippen molar-refractivity contribution in [2.45, 2.75) is 6.92 Å². The van der Waals surface area contributed by atoms with E-state index in [1.54, 1.807) is 18.2 Å². The van der Waals surface area contributed by atoms with E-state index >= 15 is 0 Å². The van der Waals surface area contributed by atoms with Crippen LogP contribution in [0.4, 0.5) is 0 Å². The summed E-state index contributed by atoms with van der Waals surface area (Å²) >= 11 is 11.8. The number of benzene rings is 1. The first-order chi connectivity index (χ1) is 8.20. The zero-order valence-corrected chi connectivity index (χ0v) is 10.7. The molecule has 2 aromatic rings. The molecule has 0 atom stereocenters. The van der Waals surface area contributed by atoms with Gasteiger partial charge in [-0.2, -0.15) is 0 Å². The highest BCUT2D eigenvalue weighted by molar-refractivity contribution is 6.31. The monoisotopic (exact) mass is 268 g/mol. The van der Waals surface area contributed by atoms with Crippen molar-refractivity contribution < 1.29 is 4.74 Å². The highest BCUT2D eigenvalue weighted by Gasteiger charge is 2.09. The summed E-state index contributed by atoms with van der Waals surface area (Å²) in [5, 5.41) is 1.01. The fourth-order valence-electron chi connectivity index (χ4n) is 1.46. The molecule has 0 aliphatic carbocycles. The van der Waals surface area contributed by atoms with Crippen LogP contribution >= 0.6 is 23.2 Å². The summed E-state index contributed by atoms with van der Waals surface area (Å²) < 4.78 is 5.52. The third-order valence-corrected chi connectivity index (χ3v) is 2.59. The summed E-state index contributed by atoms with van der Waals surface area (Å²) in [4.78, 5) is 8.00. The van der Waals surface area contributed by atoms with E-state index in [0.29, 0.717) is 22.5 Å². The Morgan fingerprint density at radius 2 is 2.00 bits per heavy atom. The molecule has 1 aromatic carbocycles. The van der Waals surface area contributed by atoms with Gasteiger partial charge in [0.25, 0.3) is 0 Å². The SMILES string of the molecule is CCOc1ccc(Cl)cc1-c1cc(Cl)ncn1. The molecule has 0 aliphatic rings. The van der Waals surface area contributed by atoms with Gasteiger partial charge in [-0.3, -0.25) is 0 Å². The Balaban J connectivity index is 2.52. The summed E-state index contributed by atoms with van der Waals surface area (Å²) in [5.41, 5.74) is 1.50. The Bertz CT molecular complexity index is 532. The van der Waals surface area contributed by atoms with Gasteiger partial charge in [-0.15, -0.1) is 0 Å². The van der Waals surface area contributed by atoms with Crippen molar-refractivity contribution in [2.75, 3.05) is 6.61 Å². The fourth-order valence-corrected chi connectivity index (χ4v) is 1.78. The zero-order chi connectivity index (χ0) is 12.3. The number of ether oxygens (including phenoxy) is 1. The minimum atomic E-state index is 0.387. The van der Waals surface area contributed by atoms with Crippen LogP contribution < -0.4 is 4.74 Å². The maximum absolute atomic E-state index is 5.97. The van der Waals surface area contributed by atoms with Gasteiger partial charge in [-0.05, 0) is 25.1 Å². The van der Waals surface area contributed by atoms with Gasteiger partial charge in [-0.1, -0.05) is 23.2 Å². The first-order valence-corrected chi connectivity index (χ1v) is 5.86. The molecule has 0 aliphatic heterocycles. The molecule has 2 rings (SSSR count). The van der Waals surface area contributed by atoms with Crippen LogP contribution in [-0.4, -0.2) is 16.6 Å². The van der Waals surface area contributed by atoms with Crippen LogP contribution in [0.5, 0.6) is 5.75 Å². The molecule has 0 fully saturated rings. The molecule has 0 radical (unpaired) electrons. The third-order valence-electron chi connectivity index (χ3n) is 2.15. The van der Waals surface area contributed by atoms with Gasteiger partial charge >= 0.3 is 0 Å². The molecule has 1 aromatic heterocycles. The molecule has 3 nitrogen and oxygen atoms in total. The maximum atomic E-state index is 5.97. The van der Waals surface area contributed by atoms with Crippen molar-refractivity contribution in [2.24, 2.45) is 0 Å². The Hall–Kier alpha value is -1.32. The van der Waals surface area contributed by atoms with Gasteiger partial charge in [-0.25, -0.2) is 9.97 Å². The van der Waals surface area contributed by atoms with E-state index in [4.69, 9.17) is 27.9 Å². The quantitative estimate of drug-likeness (QED) is 0.794. The minimum absolute atomic E-state index is 0.387. The average molecular weight is 269 g/mol. The predicted molar refractivity (Wildman–Crippen MR) is 68.7 cm³/mol. The van der Waals surface area contributed by atoms with Crippen LogP contribution in [0.25, 0.3) is 11.3 Å². The Kier molecular flexibility index (Phi) is 3.82. The Morgan fingerprint density at radius 1 is 1.18 bits per heavy atom. The van der Waals surface area contributed by atoms with Gasteiger partial charge < -0.3 is 4.74 Å². The molecular formula is C12H10Cl2N2O. The lowest BCUT2D eigenvalue weighted by Crippen LogP contribution is -1.95. The Morgan fingerprint density at radius 3 is 2.71 bits per heavy atom. The first-order valence-electron chi connectivity index (χ1n) is 5.11. The molecule has 0 N–H and O–H groups in total. The van der Waals surface area contributed by atoms with Crippen molar-refractivity contribution in [3.63, 3.8) is 0 Å². The van der Waals surface area contributed by atoms with E-state index in [9.17, 15) is 0 Å². The average Bonchev–Trinajstić information content (AvgIpc) is 2.32. The van der Waals surface area contributed by atoms with Crippen molar-refractivity contribution in [3.05, 3.63) is 40.8 Å².